The minimum atomic E-state index is 0.189. The second-order valence-electron chi connectivity index (χ2n) is 5.36. The number of benzene rings is 2. The lowest BCUT2D eigenvalue weighted by molar-refractivity contribution is 1.11. The van der Waals surface area contributed by atoms with Crippen molar-refractivity contribution in [2.75, 3.05) is 5.73 Å². The molecule has 0 aliphatic carbocycles. The third-order valence-corrected chi connectivity index (χ3v) is 3.86. The van der Waals surface area contributed by atoms with Gasteiger partial charge in [-0.3, -0.25) is 4.40 Å². The molecule has 5 nitrogen and oxygen atoms in total. The van der Waals surface area contributed by atoms with Crippen LogP contribution in [0.5, 0.6) is 0 Å². The second-order valence-corrected chi connectivity index (χ2v) is 5.36. The van der Waals surface area contributed by atoms with Crippen molar-refractivity contribution in [3.63, 3.8) is 0 Å². The summed E-state index contributed by atoms with van der Waals surface area (Å²) in [6.07, 6.45) is 1.69. The molecule has 0 bridgehead atoms. The topological polar surface area (TPSA) is 80.0 Å². The average molecular weight is 311 g/mol. The molecule has 2 aromatic heterocycles. The maximum Gasteiger partial charge on any atom is 0.236 e. The van der Waals surface area contributed by atoms with E-state index in [9.17, 15) is 5.26 Å². The van der Waals surface area contributed by atoms with Gasteiger partial charge < -0.3 is 5.73 Å². The molecule has 0 atom stereocenters. The Kier molecular flexibility index (Phi) is 3.22. The fourth-order valence-corrected chi connectivity index (χ4v) is 2.74. The smallest absolute Gasteiger partial charge is 0.236 e. The van der Waals surface area contributed by atoms with E-state index < -0.39 is 0 Å². The van der Waals surface area contributed by atoms with E-state index in [0.29, 0.717) is 11.3 Å². The number of anilines is 1. The van der Waals surface area contributed by atoms with Gasteiger partial charge in [-0.2, -0.15) is 10.2 Å². The molecule has 4 rings (SSSR count). The Bertz CT molecular complexity index is 1060. The van der Waals surface area contributed by atoms with Crippen LogP contribution in [0.15, 0.2) is 66.9 Å². The van der Waals surface area contributed by atoms with Gasteiger partial charge in [0.05, 0.1) is 11.4 Å². The number of nitrogens with two attached hydrogens (primary N) is 1. The summed E-state index contributed by atoms with van der Waals surface area (Å²) in [6.45, 7) is 0. The highest BCUT2D eigenvalue weighted by Gasteiger charge is 2.18. The first-order chi connectivity index (χ1) is 11.8. The molecular formula is C19H13N5. The van der Waals surface area contributed by atoms with Gasteiger partial charge in [-0.25, -0.2) is 4.98 Å². The first-order valence-corrected chi connectivity index (χ1v) is 7.47. The molecule has 0 unspecified atom stereocenters. The third kappa shape index (κ3) is 2.18. The number of hydrogen-bond acceptors (Lipinski definition) is 4. The summed E-state index contributed by atoms with van der Waals surface area (Å²) in [6, 6.07) is 21.9. The Morgan fingerprint density at radius 2 is 1.50 bits per heavy atom. The molecule has 0 saturated carbocycles. The number of nitriles is 1. The Labute approximate surface area is 138 Å². The van der Waals surface area contributed by atoms with Crippen molar-refractivity contribution in [2.45, 2.75) is 0 Å². The number of imidazole rings is 1. The highest BCUT2D eigenvalue weighted by atomic mass is 15.1. The number of fused-ring (bicyclic) bond motifs is 1. The zero-order valence-electron chi connectivity index (χ0n) is 12.7. The van der Waals surface area contributed by atoms with E-state index >= 15 is 0 Å². The highest BCUT2D eigenvalue weighted by Crippen LogP contribution is 2.32. The zero-order valence-corrected chi connectivity index (χ0v) is 12.7. The van der Waals surface area contributed by atoms with Gasteiger partial charge in [-0.05, 0) is 0 Å². The van der Waals surface area contributed by atoms with E-state index in [1.807, 2.05) is 65.1 Å². The van der Waals surface area contributed by atoms with Crippen molar-refractivity contribution in [1.82, 2.24) is 14.4 Å². The maximum absolute atomic E-state index is 9.26. The zero-order chi connectivity index (χ0) is 16.5. The first kappa shape index (κ1) is 14.0. The van der Waals surface area contributed by atoms with Crippen LogP contribution < -0.4 is 5.73 Å². The summed E-state index contributed by atoms with van der Waals surface area (Å²) >= 11 is 0. The van der Waals surface area contributed by atoms with E-state index in [-0.39, 0.29) is 5.82 Å². The summed E-state index contributed by atoms with van der Waals surface area (Å²) in [5.41, 5.74) is 9.86. The van der Waals surface area contributed by atoms with Gasteiger partial charge in [0.25, 0.3) is 0 Å². The first-order valence-electron chi connectivity index (χ1n) is 7.47. The van der Waals surface area contributed by atoms with Crippen LogP contribution >= 0.6 is 0 Å². The number of hydrogen-bond donors (Lipinski definition) is 1. The lowest BCUT2D eigenvalue weighted by Crippen LogP contribution is -2.00. The highest BCUT2D eigenvalue weighted by molar-refractivity contribution is 5.81. The molecule has 5 heteroatoms. The van der Waals surface area contributed by atoms with Crippen molar-refractivity contribution in [1.29, 1.82) is 5.26 Å². The second kappa shape index (κ2) is 5.52. The molecule has 0 amide bonds. The Balaban J connectivity index is 2.11. The van der Waals surface area contributed by atoms with Gasteiger partial charge >= 0.3 is 0 Å². The van der Waals surface area contributed by atoms with E-state index in [4.69, 9.17) is 5.73 Å². The van der Waals surface area contributed by atoms with Crippen LogP contribution in [0.25, 0.3) is 28.3 Å². The number of nitrogen functional groups attached to an aromatic ring is 1. The predicted octanol–water partition coefficient (Wildman–Crippen LogP) is 3.52. The van der Waals surface area contributed by atoms with E-state index in [1.54, 1.807) is 6.20 Å². The largest absolute Gasteiger partial charge is 0.382 e. The fraction of sp³-hybridized carbons (Fsp3) is 0. The molecule has 0 aliphatic rings. The van der Waals surface area contributed by atoms with Crippen molar-refractivity contribution in [3.05, 3.63) is 72.4 Å². The van der Waals surface area contributed by atoms with Gasteiger partial charge in [0, 0.05) is 17.3 Å². The lowest BCUT2D eigenvalue weighted by Gasteiger charge is -2.06. The third-order valence-electron chi connectivity index (χ3n) is 3.86. The molecule has 2 heterocycles. The molecule has 24 heavy (non-hydrogen) atoms. The summed E-state index contributed by atoms with van der Waals surface area (Å²) < 4.78 is 1.83. The van der Waals surface area contributed by atoms with Gasteiger partial charge in [-0.1, -0.05) is 60.7 Å². The molecule has 114 valence electrons. The SMILES string of the molecule is N#Cc1cn2c(-c3ccccc3)c(-c3ccccc3)nc2nc1N. The van der Waals surface area contributed by atoms with Crippen LogP contribution in [0.2, 0.25) is 0 Å². The van der Waals surface area contributed by atoms with Crippen molar-refractivity contribution in [2.24, 2.45) is 0 Å². The lowest BCUT2D eigenvalue weighted by atomic mass is 10.1. The van der Waals surface area contributed by atoms with Crippen LogP contribution in [0.3, 0.4) is 0 Å². The number of aromatic nitrogens is 3. The predicted molar refractivity (Wildman–Crippen MR) is 93.0 cm³/mol. The van der Waals surface area contributed by atoms with Gasteiger partial charge in [0.15, 0.2) is 0 Å². The summed E-state index contributed by atoms with van der Waals surface area (Å²) in [4.78, 5) is 8.94. The van der Waals surface area contributed by atoms with E-state index in [0.717, 1.165) is 22.5 Å². The van der Waals surface area contributed by atoms with E-state index in [2.05, 4.69) is 16.0 Å². The van der Waals surface area contributed by atoms with Crippen LogP contribution in [-0.2, 0) is 0 Å². The minimum Gasteiger partial charge on any atom is -0.382 e. The quantitative estimate of drug-likeness (QED) is 0.614. The van der Waals surface area contributed by atoms with Crippen LogP contribution in [-0.4, -0.2) is 14.4 Å². The molecule has 0 spiro atoms. The molecule has 2 aromatic carbocycles. The summed E-state index contributed by atoms with van der Waals surface area (Å²) in [5, 5.41) is 9.26. The maximum atomic E-state index is 9.26. The van der Waals surface area contributed by atoms with Gasteiger partial charge in [0.2, 0.25) is 5.78 Å². The molecule has 0 saturated heterocycles. The van der Waals surface area contributed by atoms with Crippen LogP contribution in [0, 0.1) is 11.3 Å². The van der Waals surface area contributed by atoms with Crippen LogP contribution in [0.4, 0.5) is 5.82 Å². The van der Waals surface area contributed by atoms with Gasteiger partial charge in [-0.15, -0.1) is 0 Å². The number of rotatable bonds is 2. The monoisotopic (exact) mass is 311 g/mol. The number of nitrogens with zero attached hydrogens (tertiary/aromatic N) is 4. The van der Waals surface area contributed by atoms with Crippen LogP contribution in [0.1, 0.15) is 5.56 Å². The molecular weight excluding hydrogens is 298 g/mol. The normalized spacial score (nSPS) is 10.6. The summed E-state index contributed by atoms with van der Waals surface area (Å²) in [7, 11) is 0. The Hall–Kier alpha value is -3.65. The van der Waals surface area contributed by atoms with Crippen molar-refractivity contribution in [3.8, 4) is 28.6 Å². The Morgan fingerprint density at radius 3 is 2.12 bits per heavy atom. The fourth-order valence-electron chi connectivity index (χ4n) is 2.74. The van der Waals surface area contributed by atoms with Crippen molar-refractivity contribution >= 4 is 11.6 Å². The molecule has 0 radical (unpaired) electrons. The van der Waals surface area contributed by atoms with Gasteiger partial charge in [0.1, 0.15) is 17.5 Å². The molecule has 0 fully saturated rings. The Morgan fingerprint density at radius 1 is 0.875 bits per heavy atom. The average Bonchev–Trinajstić information content (AvgIpc) is 3.00. The molecule has 0 aliphatic heterocycles. The minimum absolute atomic E-state index is 0.189. The summed E-state index contributed by atoms with van der Waals surface area (Å²) in [5.74, 6) is 0.665. The molecule has 2 N–H and O–H groups in total. The van der Waals surface area contributed by atoms with E-state index in [1.165, 1.54) is 0 Å². The molecule has 4 aromatic rings. The van der Waals surface area contributed by atoms with Crippen molar-refractivity contribution < 1.29 is 0 Å². The standard InChI is InChI=1S/C19H13N5/c20-11-15-12-24-17(14-9-5-2-6-10-14)16(13-7-3-1-4-8-13)22-19(24)23-18(15)21/h1-10,12H,(H2,21,22,23).